The normalized spacial score (nSPS) is 10.9. The third kappa shape index (κ3) is 4.89. The van der Waals surface area contributed by atoms with Gasteiger partial charge in [0.2, 0.25) is 10.0 Å². The summed E-state index contributed by atoms with van der Waals surface area (Å²) < 4.78 is 29.8. The number of methoxy groups -OCH3 is 1. The van der Waals surface area contributed by atoms with Gasteiger partial charge in [-0.1, -0.05) is 6.07 Å². The van der Waals surface area contributed by atoms with Crippen LogP contribution >= 0.6 is 12.2 Å². The van der Waals surface area contributed by atoms with Gasteiger partial charge in [-0.25, -0.2) is 13.5 Å². The van der Waals surface area contributed by atoms with Crippen LogP contribution in [-0.4, -0.2) is 37.2 Å². The molecule has 9 heteroatoms. The minimum atomic E-state index is -3.39. The van der Waals surface area contributed by atoms with E-state index in [0.717, 1.165) is 6.26 Å². The van der Waals surface area contributed by atoms with Gasteiger partial charge in [-0.2, -0.15) is 0 Å². The zero-order valence-corrected chi connectivity index (χ0v) is 12.1. The quantitative estimate of drug-likeness (QED) is 0.537. The molecule has 0 unspecified atom stereocenters. The van der Waals surface area contributed by atoms with E-state index in [-0.39, 0.29) is 11.7 Å². The standard InChI is InChI=1S/C10H15N3O4S2/c1-17-9-5-7(6-13(14)10(11)18)3-4-8(9)12-19(2,15)16/h3-5,12,14H,6H2,1-2H3,(H2,11,18). The number of benzene rings is 1. The number of ether oxygens (including phenoxy) is 1. The van der Waals surface area contributed by atoms with Crippen molar-refractivity contribution in [3.05, 3.63) is 23.8 Å². The molecule has 1 rings (SSSR count). The van der Waals surface area contributed by atoms with Crippen LogP contribution in [0.3, 0.4) is 0 Å². The highest BCUT2D eigenvalue weighted by molar-refractivity contribution is 7.92. The molecule has 0 aromatic heterocycles. The van der Waals surface area contributed by atoms with Crippen LogP contribution in [0.5, 0.6) is 5.75 Å². The number of anilines is 1. The second-order valence-electron chi connectivity index (χ2n) is 3.80. The fourth-order valence-electron chi connectivity index (χ4n) is 1.37. The van der Waals surface area contributed by atoms with Gasteiger partial charge in [0.05, 0.1) is 25.6 Å². The maximum atomic E-state index is 11.2. The summed E-state index contributed by atoms with van der Waals surface area (Å²) in [7, 11) is -1.98. The van der Waals surface area contributed by atoms with Gasteiger partial charge in [0.25, 0.3) is 0 Å². The lowest BCUT2D eigenvalue weighted by Gasteiger charge is -2.16. The number of nitrogens with one attached hydrogen (secondary N) is 1. The lowest BCUT2D eigenvalue weighted by Crippen LogP contribution is -2.31. The van der Waals surface area contributed by atoms with Gasteiger partial charge in [-0.15, -0.1) is 0 Å². The Bertz CT molecular complexity index is 574. The van der Waals surface area contributed by atoms with Gasteiger partial charge < -0.3 is 10.5 Å². The number of rotatable bonds is 5. The van der Waals surface area contributed by atoms with Gasteiger partial charge in [-0.3, -0.25) is 9.93 Å². The summed E-state index contributed by atoms with van der Waals surface area (Å²) in [6, 6.07) is 4.73. The number of nitrogens with two attached hydrogens (primary N) is 1. The van der Waals surface area contributed by atoms with Gasteiger partial charge in [0.1, 0.15) is 5.75 Å². The number of nitrogens with zero attached hydrogens (tertiary/aromatic N) is 1. The van der Waals surface area contributed by atoms with Crippen molar-refractivity contribution >= 4 is 33.0 Å². The van der Waals surface area contributed by atoms with Crippen molar-refractivity contribution in [3.63, 3.8) is 0 Å². The molecule has 0 aliphatic carbocycles. The Balaban J connectivity index is 2.99. The van der Waals surface area contributed by atoms with Crippen molar-refractivity contribution in [1.29, 1.82) is 0 Å². The van der Waals surface area contributed by atoms with Crippen molar-refractivity contribution in [2.45, 2.75) is 6.54 Å². The Morgan fingerprint density at radius 3 is 2.68 bits per heavy atom. The molecule has 0 aliphatic rings. The van der Waals surface area contributed by atoms with E-state index in [1.165, 1.54) is 13.2 Å². The van der Waals surface area contributed by atoms with Crippen LogP contribution in [0.4, 0.5) is 5.69 Å². The van der Waals surface area contributed by atoms with Crippen LogP contribution < -0.4 is 15.2 Å². The second-order valence-corrected chi connectivity index (χ2v) is 5.97. The predicted molar refractivity (Wildman–Crippen MR) is 75.6 cm³/mol. The molecule has 0 radical (unpaired) electrons. The fraction of sp³-hybridized carbons (Fsp3) is 0.300. The maximum absolute atomic E-state index is 11.2. The summed E-state index contributed by atoms with van der Waals surface area (Å²) in [5.41, 5.74) is 6.22. The van der Waals surface area contributed by atoms with Crippen LogP contribution in [0.1, 0.15) is 5.56 Å². The molecule has 0 saturated carbocycles. The molecule has 0 bridgehead atoms. The summed E-state index contributed by atoms with van der Waals surface area (Å²) in [4.78, 5) is 0. The fourth-order valence-corrected chi connectivity index (χ4v) is 2.00. The molecular formula is C10H15N3O4S2. The summed E-state index contributed by atoms with van der Waals surface area (Å²) in [5, 5.41) is 9.96. The summed E-state index contributed by atoms with van der Waals surface area (Å²) in [6.45, 7) is 0.0743. The molecule has 0 spiro atoms. The minimum Gasteiger partial charge on any atom is -0.495 e. The van der Waals surface area contributed by atoms with E-state index in [2.05, 4.69) is 16.9 Å². The number of hydroxylamine groups is 2. The van der Waals surface area contributed by atoms with E-state index < -0.39 is 10.0 Å². The monoisotopic (exact) mass is 305 g/mol. The van der Waals surface area contributed by atoms with Gasteiger partial charge in [0, 0.05) is 0 Å². The molecular weight excluding hydrogens is 290 g/mol. The third-order valence-corrected chi connectivity index (χ3v) is 2.95. The number of hydrogen-bond acceptors (Lipinski definition) is 5. The molecule has 4 N–H and O–H groups in total. The van der Waals surface area contributed by atoms with E-state index in [0.29, 0.717) is 22.1 Å². The molecule has 0 atom stereocenters. The molecule has 0 amide bonds. The molecule has 0 heterocycles. The average Bonchev–Trinajstić information content (AvgIpc) is 2.29. The van der Waals surface area contributed by atoms with Crippen LogP contribution in [0.25, 0.3) is 0 Å². The van der Waals surface area contributed by atoms with Gasteiger partial charge in [0.15, 0.2) is 5.11 Å². The smallest absolute Gasteiger partial charge is 0.229 e. The molecule has 0 saturated heterocycles. The van der Waals surface area contributed by atoms with Crippen molar-refractivity contribution < 1.29 is 18.4 Å². The van der Waals surface area contributed by atoms with Crippen molar-refractivity contribution in [1.82, 2.24) is 5.06 Å². The topological polar surface area (TPSA) is 105 Å². The van der Waals surface area contributed by atoms with E-state index in [9.17, 15) is 13.6 Å². The molecule has 19 heavy (non-hydrogen) atoms. The SMILES string of the molecule is COc1cc(CN(O)C(N)=S)ccc1NS(C)(=O)=O. The molecule has 106 valence electrons. The highest BCUT2D eigenvalue weighted by Crippen LogP contribution is 2.26. The van der Waals surface area contributed by atoms with Crippen LogP contribution in [0, 0.1) is 0 Å². The van der Waals surface area contributed by atoms with Crippen molar-refractivity contribution in [3.8, 4) is 5.75 Å². The van der Waals surface area contributed by atoms with E-state index in [1.54, 1.807) is 12.1 Å². The first-order valence-corrected chi connectivity index (χ1v) is 7.43. The first-order chi connectivity index (χ1) is 8.73. The Labute approximate surface area is 117 Å². The van der Waals surface area contributed by atoms with E-state index in [4.69, 9.17) is 10.5 Å². The summed E-state index contributed by atoms with van der Waals surface area (Å²) in [6.07, 6.45) is 1.04. The van der Waals surface area contributed by atoms with Crippen molar-refractivity contribution in [2.75, 3.05) is 18.1 Å². The minimum absolute atomic E-state index is 0.0743. The Morgan fingerprint density at radius 2 is 2.21 bits per heavy atom. The second kappa shape index (κ2) is 6.04. The molecule has 1 aromatic rings. The highest BCUT2D eigenvalue weighted by Gasteiger charge is 2.10. The van der Waals surface area contributed by atoms with Crippen LogP contribution in [0.2, 0.25) is 0 Å². The third-order valence-electron chi connectivity index (χ3n) is 2.15. The Hall–Kier alpha value is -1.58. The average molecular weight is 305 g/mol. The number of hydrogen-bond donors (Lipinski definition) is 3. The van der Waals surface area contributed by atoms with Crippen LogP contribution in [0.15, 0.2) is 18.2 Å². The predicted octanol–water partition coefficient (Wildman–Crippen LogP) is 0.501. The molecule has 0 aliphatic heterocycles. The Morgan fingerprint density at radius 1 is 1.58 bits per heavy atom. The first kappa shape index (κ1) is 15.5. The summed E-state index contributed by atoms with van der Waals surface area (Å²) >= 11 is 4.61. The lowest BCUT2D eigenvalue weighted by molar-refractivity contribution is -0.0211. The first-order valence-electron chi connectivity index (χ1n) is 5.13. The zero-order valence-electron chi connectivity index (χ0n) is 10.5. The largest absolute Gasteiger partial charge is 0.495 e. The van der Waals surface area contributed by atoms with E-state index >= 15 is 0 Å². The lowest BCUT2D eigenvalue weighted by atomic mass is 10.2. The highest BCUT2D eigenvalue weighted by atomic mass is 32.2. The Kier molecular flexibility index (Phi) is 4.92. The van der Waals surface area contributed by atoms with Crippen molar-refractivity contribution in [2.24, 2.45) is 5.73 Å². The summed E-state index contributed by atoms with van der Waals surface area (Å²) in [5.74, 6) is 0.333. The maximum Gasteiger partial charge on any atom is 0.229 e. The van der Waals surface area contributed by atoms with Gasteiger partial charge in [-0.05, 0) is 29.9 Å². The van der Waals surface area contributed by atoms with E-state index in [1.807, 2.05) is 0 Å². The van der Waals surface area contributed by atoms with Gasteiger partial charge >= 0.3 is 0 Å². The molecule has 1 aromatic carbocycles. The molecule has 0 fully saturated rings. The number of sulfonamides is 1. The number of thiocarbonyl (C=S) groups is 1. The van der Waals surface area contributed by atoms with Crippen LogP contribution in [-0.2, 0) is 16.6 Å². The molecule has 7 nitrogen and oxygen atoms in total. The zero-order chi connectivity index (χ0) is 14.6.